The van der Waals surface area contributed by atoms with Crippen molar-refractivity contribution >= 4 is 5.82 Å². The van der Waals surface area contributed by atoms with Crippen molar-refractivity contribution in [3.8, 4) is 17.1 Å². The summed E-state index contributed by atoms with van der Waals surface area (Å²) in [5.74, 6) is 2.69. The molecule has 0 fully saturated rings. The SMILES string of the molecule is CCNc1nc(-c2ccc3c(c2)CCO3)nc(C)c1C. The maximum atomic E-state index is 5.54. The molecule has 0 radical (unpaired) electrons. The molecule has 1 N–H and O–H groups in total. The molecule has 0 bridgehead atoms. The Kier molecular flexibility index (Phi) is 3.30. The van der Waals surface area contributed by atoms with E-state index < -0.39 is 0 Å². The van der Waals surface area contributed by atoms with Gasteiger partial charge in [0.1, 0.15) is 11.6 Å². The number of anilines is 1. The molecule has 0 amide bonds. The van der Waals surface area contributed by atoms with E-state index in [0.29, 0.717) is 0 Å². The number of hydrogen-bond donors (Lipinski definition) is 1. The Morgan fingerprint density at radius 3 is 2.90 bits per heavy atom. The number of benzene rings is 1. The summed E-state index contributed by atoms with van der Waals surface area (Å²) >= 11 is 0. The lowest BCUT2D eigenvalue weighted by Gasteiger charge is -2.11. The Morgan fingerprint density at radius 2 is 2.10 bits per heavy atom. The summed E-state index contributed by atoms with van der Waals surface area (Å²) in [5, 5.41) is 3.30. The fourth-order valence-electron chi connectivity index (χ4n) is 2.42. The van der Waals surface area contributed by atoms with Crippen molar-refractivity contribution < 1.29 is 4.74 Å². The molecule has 0 saturated carbocycles. The second kappa shape index (κ2) is 5.12. The highest BCUT2D eigenvalue weighted by Crippen LogP contribution is 2.30. The third-order valence-corrected chi connectivity index (χ3v) is 3.68. The Labute approximate surface area is 119 Å². The fraction of sp³-hybridized carbons (Fsp3) is 0.375. The van der Waals surface area contributed by atoms with E-state index in [1.807, 2.05) is 26.0 Å². The quantitative estimate of drug-likeness (QED) is 0.930. The number of hydrogen-bond acceptors (Lipinski definition) is 4. The molecule has 4 heteroatoms. The third-order valence-electron chi connectivity index (χ3n) is 3.68. The monoisotopic (exact) mass is 269 g/mol. The van der Waals surface area contributed by atoms with Gasteiger partial charge in [-0.25, -0.2) is 9.97 Å². The molecular weight excluding hydrogens is 250 g/mol. The van der Waals surface area contributed by atoms with Crippen LogP contribution in [0.1, 0.15) is 23.7 Å². The third kappa shape index (κ3) is 2.22. The zero-order valence-electron chi connectivity index (χ0n) is 12.2. The number of fused-ring (bicyclic) bond motifs is 1. The zero-order chi connectivity index (χ0) is 14.1. The fourth-order valence-corrected chi connectivity index (χ4v) is 2.42. The molecule has 1 aliphatic rings. The highest BCUT2D eigenvalue weighted by atomic mass is 16.5. The molecule has 2 heterocycles. The van der Waals surface area contributed by atoms with Gasteiger partial charge in [0, 0.05) is 29.8 Å². The Morgan fingerprint density at radius 1 is 1.25 bits per heavy atom. The van der Waals surface area contributed by atoms with Crippen LogP contribution >= 0.6 is 0 Å². The van der Waals surface area contributed by atoms with Gasteiger partial charge in [-0.15, -0.1) is 0 Å². The van der Waals surface area contributed by atoms with Gasteiger partial charge in [-0.05, 0) is 44.5 Å². The molecule has 0 aliphatic carbocycles. The lowest BCUT2D eigenvalue weighted by atomic mass is 10.1. The summed E-state index contributed by atoms with van der Waals surface area (Å²) in [6.07, 6.45) is 0.966. The molecule has 1 aliphatic heterocycles. The molecule has 0 spiro atoms. The van der Waals surface area contributed by atoms with Crippen molar-refractivity contribution in [2.24, 2.45) is 0 Å². The summed E-state index contributed by atoms with van der Waals surface area (Å²) in [6, 6.07) is 6.19. The van der Waals surface area contributed by atoms with Crippen LogP contribution in [0.5, 0.6) is 5.75 Å². The predicted octanol–water partition coefficient (Wildman–Crippen LogP) is 3.13. The molecule has 0 unspecified atom stereocenters. The number of aromatic nitrogens is 2. The Balaban J connectivity index is 2.05. The second-order valence-corrected chi connectivity index (χ2v) is 5.06. The highest BCUT2D eigenvalue weighted by Gasteiger charge is 2.15. The van der Waals surface area contributed by atoms with Gasteiger partial charge in [-0.2, -0.15) is 0 Å². The van der Waals surface area contributed by atoms with Crippen LogP contribution in [0.15, 0.2) is 18.2 Å². The largest absolute Gasteiger partial charge is 0.493 e. The van der Waals surface area contributed by atoms with Crippen LogP contribution in [-0.4, -0.2) is 23.1 Å². The van der Waals surface area contributed by atoms with Crippen molar-refractivity contribution in [1.29, 1.82) is 0 Å². The van der Waals surface area contributed by atoms with E-state index in [1.165, 1.54) is 5.56 Å². The molecule has 1 aromatic carbocycles. The van der Waals surface area contributed by atoms with Crippen molar-refractivity contribution in [1.82, 2.24) is 9.97 Å². The normalized spacial score (nSPS) is 12.9. The minimum absolute atomic E-state index is 0.773. The minimum atomic E-state index is 0.773. The molecule has 4 nitrogen and oxygen atoms in total. The molecule has 2 aromatic rings. The van der Waals surface area contributed by atoms with E-state index in [0.717, 1.165) is 53.8 Å². The average Bonchev–Trinajstić information content (AvgIpc) is 2.91. The van der Waals surface area contributed by atoms with Gasteiger partial charge in [0.05, 0.1) is 6.61 Å². The maximum absolute atomic E-state index is 5.54. The van der Waals surface area contributed by atoms with Gasteiger partial charge in [0.15, 0.2) is 5.82 Å². The minimum Gasteiger partial charge on any atom is -0.493 e. The van der Waals surface area contributed by atoms with E-state index in [9.17, 15) is 0 Å². The van der Waals surface area contributed by atoms with Crippen LogP contribution in [0.25, 0.3) is 11.4 Å². The zero-order valence-corrected chi connectivity index (χ0v) is 12.2. The number of ether oxygens (including phenoxy) is 1. The van der Waals surface area contributed by atoms with Crippen molar-refractivity contribution in [3.63, 3.8) is 0 Å². The Bertz CT molecular complexity index is 652. The van der Waals surface area contributed by atoms with Crippen LogP contribution in [0.4, 0.5) is 5.82 Å². The topological polar surface area (TPSA) is 47.0 Å². The molecule has 0 atom stereocenters. The highest BCUT2D eigenvalue weighted by molar-refractivity contribution is 5.62. The van der Waals surface area contributed by atoms with E-state index in [-0.39, 0.29) is 0 Å². The number of rotatable bonds is 3. The molecule has 104 valence electrons. The summed E-state index contributed by atoms with van der Waals surface area (Å²) in [5.41, 5.74) is 4.42. The van der Waals surface area contributed by atoms with Gasteiger partial charge >= 0.3 is 0 Å². The van der Waals surface area contributed by atoms with Gasteiger partial charge in [0.25, 0.3) is 0 Å². The van der Waals surface area contributed by atoms with Crippen LogP contribution in [0.3, 0.4) is 0 Å². The van der Waals surface area contributed by atoms with Gasteiger partial charge in [0.2, 0.25) is 0 Å². The summed E-state index contributed by atoms with van der Waals surface area (Å²) in [6.45, 7) is 7.78. The number of nitrogens with one attached hydrogen (secondary N) is 1. The predicted molar refractivity (Wildman–Crippen MR) is 80.3 cm³/mol. The van der Waals surface area contributed by atoms with Gasteiger partial charge in [-0.1, -0.05) is 0 Å². The molecule has 20 heavy (non-hydrogen) atoms. The van der Waals surface area contributed by atoms with Crippen molar-refractivity contribution in [2.75, 3.05) is 18.5 Å². The second-order valence-electron chi connectivity index (χ2n) is 5.06. The van der Waals surface area contributed by atoms with Crippen molar-refractivity contribution in [3.05, 3.63) is 35.0 Å². The van der Waals surface area contributed by atoms with Crippen LogP contribution < -0.4 is 10.1 Å². The molecule has 1 aromatic heterocycles. The molecule has 0 saturated heterocycles. The van der Waals surface area contributed by atoms with E-state index in [4.69, 9.17) is 4.74 Å². The smallest absolute Gasteiger partial charge is 0.161 e. The van der Waals surface area contributed by atoms with Crippen LogP contribution in [-0.2, 0) is 6.42 Å². The summed E-state index contributed by atoms with van der Waals surface area (Å²) < 4.78 is 5.54. The van der Waals surface area contributed by atoms with Gasteiger partial charge in [-0.3, -0.25) is 0 Å². The van der Waals surface area contributed by atoms with Gasteiger partial charge < -0.3 is 10.1 Å². The lowest BCUT2D eigenvalue weighted by molar-refractivity contribution is 0.357. The maximum Gasteiger partial charge on any atom is 0.161 e. The first-order valence-electron chi connectivity index (χ1n) is 7.04. The number of nitrogens with zero attached hydrogens (tertiary/aromatic N) is 2. The van der Waals surface area contributed by atoms with E-state index in [1.54, 1.807) is 0 Å². The average molecular weight is 269 g/mol. The first-order chi connectivity index (χ1) is 9.69. The number of aryl methyl sites for hydroxylation is 1. The van der Waals surface area contributed by atoms with E-state index >= 15 is 0 Å². The van der Waals surface area contributed by atoms with Crippen LogP contribution in [0, 0.1) is 13.8 Å². The molecule has 3 rings (SSSR count). The lowest BCUT2D eigenvalue weighted by Crippen LogP contribution is -2.06. The summed E-state index contributed by atoms with van der Waals surface area (Å²) in [7, 11) is 0. The molecular formula is C16H19N3O. The van der Waals surface area contributed by atoms with Crippen molar-refractivity contribution in [2.45, 2.75) is 27.2 Å². The standard InChI is InChI=1S/C16H19N3O/c1-4-17-15-10(2)11(3)18-16(19-15)13-5-6-14-12(9-13)7-8-20-14/h5-6,9H,4,7-8H2,1-3H3,(H,17,18,19). The van der Waals surface area contributed by atoms with E-state index in [2.05, 4.69) is 28.3 Å². The van der Waals surface area contributed by atoms with Crippen LogP contribution in [0.2, 0.25) is 0 Å². The summed E-state index contributed by atoms with van der Waals surface area (Å²) in [4.78, 5) is 9.27. The first-order valence-corrected chi connectivity index (χ1v) is 7.04. The Hall–Kier alpha value is -2.10. The first kappa shape index (κ1) is 12.9.